The highest BCUT2D eigenvalue weighted by molar-refractivity contribution is 7.89. The van der Waals surface area contributed by atoms with Gasteiger partial charge in [0, 0.05) is 32.2 Å². The van der Waals surface area contributed by atoms with Gasteiger partial charge in [-0.3, -0.25) is 9.59 Å². The molecule has 2 aromatic carbocycles. The van der Waals surface area contributed by atoms with E-state index in [1.807, 2.05) is 0 Å². The number of amides is 2. The molecule has 0 atom stereocenters. The van der Waals surface area contributed by atoms with Crippen LogP contribution in [-0.2, 0) is 19.6 Å². The van der Waals surface area contributed by atoms with Crippen LogP contribution in [0.25, 0.3) is 0 Å². The Morgan fingerprint density at radius 1 is 1.16 bits per heavy atom. The molecule has 2 aromatic rings. The fourth-order valence-corrected chi connectivity index (χ4v) is 5.30. The summed E-state index contributed by atoms with van der Waals surface area (Å²) in [7, 11) is -3.94. The Balaban J connectivity index is 1.38. The smallest absolute Gasteiger partial charge is 0.262 e. The van der Waals surface area contributed by atoms with Gasteiger partial charge in [-0.15, -0.1) is 0 Å². The summed E-state index contributed by atoms with van der Waals surface area (Å²) in [6.07, 6.45) is 0. The molecular formula is C20H19ClFN3O6S. The second-order valence-electron chi connectivity index (χ2n) is 7.14. The number of hydrogen-bond acceptors (Lipinski definition) is 6. The highest BCUT2D eigenvalue weighted by Gasteiger charge is 2.33. The number of piperazine rings is 1. The van der Waals surface area contributed by atoms with Crippen LogP contribution >= 0.6 is 11.6 Å². The molecule has 0 aliphatic carbocycles. The van der Waals surface area contributed by atoms with Crippen molar-refractivity contribution in [3.63, 3.8) is 0 Å². The summed E-state index contributed by atoms with van der Waals surface area (Å²) < 4.78 is 51.1. The quantitative estimate of drug-likeness (QED) is 0.694. The van der Waals surface area contributed by atoms with Gasteiger partial charge < -0.3 is 19.7 Å². The molecule has 2 aliphatic heterocycles. The number of anilines is 1. The summed E-state index contributed by atoms with van der Waals surface area (Å²) in [6, 6.07) is 7.94. The van der Waals surface area contributed by atoms with Gasteiger partial charge in [0.2, 0.25) is 10.0 Å². The molecule has 0 radical (unpaired) electrons. The second-order valence-corrected chi connectivity index (χ2v) is 9.46. The van der Waals surface area contributed by atoms with E-state index in [9.17, 15) is 22.4 Å². The van der Waals surface area contributed by atoms with E-state index in [0.29, 0.717) is 11.4 Å². The van der Waals surface area contributed by atoms with Gasteiger partial charge in [-0.1, -0.05) is 11.6 Å². The lowest BCUT2D eigenvalue weighted by Crippen LogP contribution is -2.51. The third-order valence-corrected chi connectivity index (χ3v) is 7.42. The number of rotatable bonds is 5. The van der Waals surface area contributed by atoms with Crippen LogP contribution < -0.4 is 14.8 Å². The van der Waals surface area contributed by atoms with Gasteiger partial charge in [0.1, 0.15) is 22.2 Å². The normalized spacial score (nSPS) is 16.7. The van der Waals surface area contributed by atoms with E-state index in [1.54, 1.807) is 0 Å². The van der Waals surface area contributed by atoms with Crippen LogP contribution in [0.5, 0.6) is 11.5 Å². The molecule has 9 nitrogen and oxygen atoms in total. The maximum Gasteiger partial charge on any atom is 0.262 e. The van der Waals surface area contributed by atoms with Crippen LogP contribution in [0.3, 0.4) is 0 Å². The minimum atomic E-state index is -3.94. The van der Waals surface area contributed by atoms with E-state index in [0.717, 1.165) is 0 Å². The van der Waals surface area contributed by atoms with E-state index >= 15 is 0 Å². The average Bonchev–Trinajstić information content (AvgIpc) is 2.78. The number of nitrogens with one attached hydrogen (secondary N) is 1. The highest BCUT2D eigenvalue weighted by atomic mass is 35.5. The average molecular weight is 484 g/mol. The molecule has 0 bridgehead atoms. The van der Waals surface area contributed by atoms with Gasteiger partial charge in [-0.25, -0.2) is 12.8 Å². The number of fused-ring (bicyclic) bond motifs is 1. The van der Waals surface area contributed by atoms with Crippen molar-refractivity contribution in [1.29, 1.82) is 0 Å². The summed E-state index contributed by atoms with van der Waals surface area (Å²) in [6.45, 7) is 0.0676. The summed E-state index contributed by atoms with van der Waals surface area (Å²) >= 11 is 6.18. The zero-order valence-electron chi connectivity index (χ0n) is 16.7. The number of hydrogen-bond donors (Lipinski definition) is 1. The van der Waals surface area contributed by atoms with Gasteiger partial charge >= 0.3 is 0 Å². The predicted molar refractivity (Wildman–Crippen MR) is 113 cm³/mol. The first-order valence-electron chi connectivity index (χ1n) is 9.66. The van der Waals surface area contributed by atoms with Crippen molar-refractivity contribution < 1.29 is 31.9 Å². The fraction of sp³-hybridized carbons (Fsp3) is 0.300. The summed E-state index contributed by atoms with van der Waals surface area (Å²) in [5, 5.41) is 2.53. The van der Waals surface area contributed by atoms with Gasteiger partial charge in [0.15, 0.2) is 13.2 Å². The first-order chi connectivity index (χ1) is 15.2. The Morgan fingerprint density at radius 2 is 1.84 bits per heavy atom. The van der Waals surface area contributed by atoms with Crippen molar-refractivity contribution in [3.05, 3.63) is 47.2 Å². The lowest BCUT2D eigenvalue weighted by molar-refractivity contribution is -0.134. The Hall–Kier alpha value is -2.89. The van der Waals surface area contributed by atoms with Crippen molar-refractivity contribution >= 4 is 39.1 Å². The SMILES string of the molecule is O=C1COc2cc(S(=O)(=O)N3CCN(C(=O)COc4ccc(F)cc4)CC3)c(Cl)cc2N1. The zero-order valence-corrected chi connectivity index (χ0v) is 18.3. The minimum absolute atomic E-state index is 0.0410. The summed E-state index contributed by atoms with van der Waals surface area (Å²) in [5.74, 6) is -0.479. The Kier molecular flexibility index (Phi) is 6.22. The standard InChI is InChI=1S/C20H19ClFN3O6S/c21-15-9-16-17(31-11-19(26)23-16)10-18(15)32(28,29)25-7-5-24(6-8-25)20(27)12-30-14-3-1-13(22)2-4-14/h1-4,9-10H,5-8,11-12H2,(H,23,26). The molecule has 4 rings (SSSR count). The molecule has 2 amide bonds. The molecule has 2 aliphatic rings. The molecule has 0 aromatic heterocycles. The Labute approximate surface area is 188 Å². The predicted octanol–water partition coefficient (Wildman–Crippen LogP) is 1.72. The highest BCUT2D eigenvalue weighted by Crippen LogP contribution is 2.37. The third kappa shape index (κ3) is 4.64. The Morgan fingerprint density at radius 3 is 2.53 bits per heavy atom. The van der Waals surface area contributed by atoms with E-state index in [1.165, 1.54) is 45.6 Å². The second kappa shape index (κ2) is 8.93. The number of halogens is 2. The molecule has 0 saturated carbocycles. The van der Waals surface area contributed by atoms with Gasteiger partial charge in [-0.05, 0) is 30.3 Å². The molecule has 0 unspecified atom stereocenters. The zero-order chi connectivity index (χ0) is 22.9. The van der Waals surface area contributed by atoms with Crippen molar-refractivity contribution in [2.24, 2.45) is 0 Å². The maximum absolute atomic E-state index is 13.1. The van der Waals surface area contributed by atoms with Crippen LogP contribution in [0.2, 0.25) is 5.02 Å². The van der Waals surface area contributed by atoms with E-state index in [-0.39, 0.29) is 66.9 Å². The number of ether oxygens (including phenoxy) is 2. The maximum atomic E-state index is 13.1. The van der Waals surface area contributed by atoms with E-state index < -0.39 is 15.8 Å². The molecule has 1 N–H and O–H groups in total. The monoisotopic (exact) mass is 483 g/mol. The topological polar surface area (TPSA) is 105 Å². The molecule has 32 heavy (non-hydrogen) atoms. The largest absolute Gasteiger partial charge is 0.484 e. The summed E-state index contributed by atoms with van der Waals surface area (Å²) in [4.78, 5) is 25.2. The first-order valence-corrected chi connectivity index (χ1v) is 11.5. The summed E-state index contributed by atoms with van der Waals surface area (Å²) in [5.41, 5.74) is 0.307. The van der Waals surface area contributed by atoms with Crippen LogP contribution in [-0.4, -0.2) is 68.8 Å². The molecule has 2 heterocycles. The number of sulfonamides is 1. The number of carbonyl (C=O) groups excluding carboxylic acids is 2. The van der Waals surface area contributed by atoms with Gasteiger partial charge in [-0.2, -0.15) is 4.31 Å². The van der Waals surface area contributed by atoms with Crippen molar-refractivity contribution in [1.82, 2.24) is 9.21 Å². The van der Waals surface area contributed by atoms with Gasteiger partial charge in [0.25, 0.3) is 11.8 Å². The third-order valence-electron chi connectivity index (χ3n) is 5.05. The minimum Gasteiger partial charge on any atom is -0.484 e. The van der Waals surface area contributed by atoms with Crippen LogP contribution in [0.4, 0.5) is 10.1 Å². The van der Waals surface area contributed by atoms with E-state index in [4.69, 9.17) is 21.1 Å². The van der Waals surface area contributed by atoms with Crippen LogP contribution in [0.1, 0.15) is 0 Å². The van der Waals surface area contributed by atoms with Crippen molar-refractivity contribution in [2.75, 3.05) is 44.7 Å². The molecule has 1 fully saturated rings. The number of benzene rings is 2. The lowest BCUT2D eigenvalue weighted by atomic mass is 10.2. The van der Waals surface area contributed by atoms with E-state index in [2.05, 4.69) is 5.32 Å². The fourth-order valence-electron chi connectivity index (χ4n) is 3.36. The number of nitrogens with zero attached hydrogens (tertiary/aromatic N) is 2. The molecule has 1 saturated heterocycles. The molecule has 0 spiro atoms. The molecular weight excluding hydrogens is 465 g/mol. The molecule has 170 valence electrons. The Bertz CT molecular complexity index is 1150. The molecule has 12 heteroatoms. The van der Waals surface area contributed by atoms with Crippen molar-refractivity contribution in [2.45, 2.75) is 4.90 Å². The first kappa shape index (κ1) is 22.3. The van der Waals surface area contributed by atoms with Crippen LogP contribution in [0, 0.1) is 5.82 Å². The number of carbonyl (C=O) groups is 2. The van der Waals surface area contributed by atoms with Gasteiger partial charge in [0.05, 0.1) is 10.7 Å². The lowest BCUT2D eigenvalue weighted by Gasteiger charge is -2.34. The van der Waals surface area contributed by atoms with Crippen LogP contribution in [0.15, 0.2) is 41.3 Å². The van der Waals surface area contributed by atoms with Crippen molar-refractivity contribution in [3.8, 4) is 11.5 Å².